The van der Waals surface area contributed by atoms with E-state index in [0.717, 1.165) is 31.0 Å². The topological polar surface area (TPSA) is 103 Å². The summed E-state index contributed by atoms with van der Waals surface area (Å²) in [7, 11) is 0. The van der Waals surface area contributed by atoms with Gasteiger partial charge in [0.15, 0.2) is 5.16 Å². The number of primary amides is 1. The molecule has 0 saturated heterocycles. The number of hydrogen-bond acceptors (Lipinski definition) is 5. The molecule has 1 aliphatic carbocycles. The second kappa shape index (κ2) is 8.03. The molecule has 7 nitrogen and oxygen atoms in total. The van der Waals surface area contributed by atoms with Gasteiger partial charge in [0, 0.05) is 24.9 Å². The van der Waals surface area contributed by atoms with E-state index in [0.29, 0.717) is 17.4 Å². The minimum atomic E-state index is -0.711. The highest BCUT2D eigenvalue weighted by molar-refractivity contribution is 8.00. The van der Waals surface area contributed by atoms with Crippen LogP contribution in [-0.2, 0) is 16.0 Å². The van der Waals surface area contributed by atoms with Crippen LogP contribution < -0.4 is 11.1 Å². The first-order valence-electron chi connectivity index (χ1n) is 8.50. The lowest BCUT2D eigenvalue weighted by Gasteiger charge is -2.13. The fourth-order valence-corrected chi connectivity index (χ4v) is 3.47. The van der Waals surface area contributed by atoms with Crippen molar-refractivity contribution in [3.63, 3.8) is 0 Å². The Bertz CT molecular complexity index is 869. The van der Waals surface area contributed by atoms with Crippen LogP contribution in [0, 0.1) is 11.6 Å². The number of thioether (sulfide) groups is 1. The van der Waals surface area contributed by atoms with Crippen LogP contribution in [0.4, 0.5) is 14.5 Å². The number of nitrogens with one attached hydrogen (secondary N) is 1. The summed E-state index contributed by atoms with van der Waals surface area (Å²) in [4.78, 5) is 23.4. The maximum absolute atomic E-state index is 13.7. The van der Waals surface area contributed by atoms with E-state index in [-0.39, 0.29) is 18.2 Å². The van der Waals surface area contributed by atoms with E-state index in [1.807, 2.05) is 4.57 Å². The highest BCUT2D eigenvalue weighted by Gasteiger charge is 2.31. The molecule has 0 aliphatic heterocycles. The van der Waals surface area contributed by atoms with Gasteiger partial charge in [-0.1, -0.05) is 11.8 Å². The molecule has 3 N–H and O–H groups in total. The summed E-state index contributed by atoms with van der Waals surface area (Å²) in [6, 6.07) is 3.12. The zero-order chi connectivity index (χ0) is 19.6. The van der Waals surface area contributed by atoms with Crippen LogP contribution in [-0.4, -0.2) is 31.8 Å². The smallest absolute Gasteiger partial charge is 0.237 e. The number of benzene rings is 1. The molecule has 1 heterocycles. The lowest BCUT2D eigenvalue weighted by molar-refractivity contribution is -0.118. The van der Waals surface area contributed by atoms with Gasteiger partial charge in [0.2, 0.25) is 11.8 Å². The Kier molecular flexibility index (Phi) is 5.73. The van der Waals surface area contributed by atoms with Crippen molar-refractivity contribution in [3.05, 3.63) is 35.7 Å². The second-order valence-electron chi connectivity index (χ2n) is 6.34. The molecule has 0 radical (unpaired) electrons. The molecule has 10 heteroatoms. The number of aromatic nitrogens is 3. The molecule has 1 aromatic heterocycles. The van der Waals surface area contributed by atoms with Crippen LogP contribution in [0.3, 0.4) is 0 Å². The van der Waals surface area contributed by atoms with E-state index < -0.39 is 28.7 Å². The number of halogens is 2. The summed E-state index contributed by atoms with van der Waals surface area (Å²) < 4.78 is 28.9. The van der Waals surface area contributed by atoms with Gasteiger partial charge in [0.1, 0.15) is 17.5 Å². The lowest BCUT2D eigenvalue weighted by atomic mass is 10.3. The zero-order valence-electron chi connectivity index (χ0n) is 14.6. The van der Waals surface area contributed by atoms with Crippen molar-refractivity contribution in [2.75, 3.05) is 5.32 Å². The maximum Gasteiger partial charge on any atom is 0.237 e. The maximum atomic E-state index is 13.7. The van der Waals surface area contributed by atoms with Gasteiger partial charge in [0.25, 0.3) is 0 Å². The summed E-state index contributed by atoms with van der Waals surface area (Å²) in [5, 5.41) is 10.6. The summed E-state index contributed by atoms with van der Waals surface area (Å²) >= 11 is 1.18. The number of amides is 2. The van der Waals surface area contributed by atoms with Crippen molar-refractivity contribution in [1.82, 2.24) is 14.8 Å². The van der Waals surface area contributed by atoms with Crippen molar-refractivity contribution < 1.29 is 18.4 Å². The normalized spacial score (nSPS) is 14.8. The summed E-state index contributed by atoms with van der Waals surface area (Å²) in [5.74, 6) is -1.59. The molecule has 1 fully saturated rings. The number of carbonyl (C=O) groups is 2. The molecule has 0 bridgehead atoms. The molecule has 2 amide bonds. The Hall–Kier alpha value is -2.49. The molecule has 0 spiro atoms. The first-order chi connectivity index (χ1) is 12.8. The van der Waals surface area contributed by atoms with Gasteiger partial charge < -0.3 is 15.6 Å². The molecule has 1 saturated carbocycles. The highest BCUT2D eigenvalue weighted by Crippen LogP contribution is 2.39. The highest BCUT2D eigenvalue weighted by atomic mass is 32.2. The summed E-state index contributed by atoms with van der Waals surface area (Å²) in [6.45, 7) is 1.65. The Morgan fingerprint density at radius 3 is 2.78 bits per heavy atom. The number of rotatable bonds is 8. The van der Waals surface area contributed by atoms with Gasteiger partial charge in [-0.25, -0.2) is 8.78 Å². The quantitative estimate of drug-likeness (QED) is 0.668. The molecule has 144 valence electrons. The first-order valence-corrected chi connectivity index (χ1v) is 9.37. The molecule has 1 aliphatic rings. The van der Waals surface area contributed by atoms with E-state index >= 15 is 0 Å². The van der Waals surface area contributed by atoms with E-state index in [1.165, 1.54) is 11.8 Å². The van der Waals surface area contributed by atoms with E-state index in [4.69, 9.17) is 5.73 Å². The average Bonchev–Trinajstić information content (AvgIpc) is 3.37. The van der Waals surface area contributed by atoms with Gasteiger partial charge in [-0.15, -0.1) is 10.2 Å². The third-order valence-corrected chi connectivity index (χ3v) is 5.14. The molecule has 27 heavy (non-hydrogen) atoms. The van der Waals surface area contributed by atoms with Crippen molar-refractivity contribution in [2.24, 2.45) is 5.73 Å². The molecule has 1 aromatic carbocycles. The number of nitrogens with zero attached hydrogens (tertiary/aromatic N) is 3. The predicted molar refractivity (Wildman–Crippen MR) is 96.1 cm³/mol. The van der Waals surface area contributed by atoms with Gasteiger partial charge in [-0.2, -0.15) is 0 Å². The molecule has 1 atom stereocenters. The summed E-state index contributed by atoms with van der Waals surface area (Å²) in [5.41, 5.74) is 4.98. The van der Waals surface area contributed by atoms with Crippen LogP contribution in [0.25, 0.3) is 0 Å². The van der Waals surface area contributed by atoms with Crippen molar-refractivity contribution in [3.8, 4) is 0 Å². The minimum absolute atomic E-state index is 0.171. The number of aryl methyl sites for hydroxylation is 1. The molecule has 3 rings (SSSR count). The number of nitrogens with two attached hydrogens (primary N) is 1. The van der Waals surface area contributed by atoms with Gasteiger partial charge >= 0.3 is 0 Å². The fraction of sp³-hybridized carbons (Fsp3) is 0.412. The number of anilines is 1. The molecular weight excluding hydrogens is 376 g/mol. The zero-order valence-corrected chi connectivity index (χ0v) is 15.4. The average molecular weight is 395 g/mol. The Balaban J connectivity index is 1.70. The fourth-order valence-electron chi connectivity index (χ4n) is 2.53. The molecular formula is C17H19F2N5O2S. The van der Waals surface area contributed by atoms with Crippen LogP contribution in [0.1, 0.15) is 38.1 Å². The van der Waals surface area contributed by atoms with E-state index in [9.17, 15) is 18.4 Å². The summed E-state index contributed by atoms with van der Waals surface area (Å²) in [6.07, 6.45) is 2.51. The Labute approximate surface area is 158 Å². The second-order valence-corrected chi connectivity index (χ2v) is 7.65. The van der Waals surface area contributed by atoms with Crippen molar-refractivity contribution in [1.29, 1.82) is 0 Å². The monoisotopic (exact) mass is 395 g/mol. The lowest BCUT2D eigenvalue weighted by Crippen LogP contribution is -2.23. The van der Waals surface area contributed by atoms with Crippen LogP contribution in [0.2, 0.25) is 0 Å². The van der Waals surface area contributed by atoms with E-state index in [2.05, 4.69) is 15.5 Å². The van der Waals surface area contributed by atoms with Gasteiger partial charge in [0.05, 0.1) is 10.9 Å². The van der Waals surface area contributed by atoms with Crippen molar-refractivity contribution in [2.45, 2.75) is 49.1 Å². The number of carbonyl (C=O) groups excluding carboxylic acids is 2. The van der Waals surface area contributed by atoms with E-state index in [1.54, 1.807) is 6.92 Å². The number of hydrogen-bond donors (Lipinski definition) is 2. The Morgan fingerprint density at radius 2 is 2.11 bits per heavy atom. The SMILES string of the molecule is C[C@H](Sc1nnc(CCC(N)=O)n1C1CC1)C(=O)Nc1cc(F)ccc1F. The van der Waals surface area contributed by atoms with Crippen molar-refractivity contribution >= 4 is 29.3 Å². The minimum Gasteiger partial charge on any atom is -0.370 e. The third-order valence-electron chi connectivity index (χ3n) is 4.08. The third kappa shape index (κ3) is 4.82. The first kappa shape index (κ1) is 19.3. The largest absolute Gasteiger partial charge is 0.370 e. The molecule has 2 aromatic rings. The predicted octanol–water partition coefficient (Wildman–Crippen LogP) is 2.43. The Morgan fingerprint density at radius 1 is 1.37 bits per heavy atom. The van der Waals surface area contributed by atoms with Crippen LogP contribution in [0.15, 0.2) is 23.4 Å². The van der Waals surface area contributed by atoms with Gasteiger partial charge in [-0.3, -0.25) is 9.59 Å². The van der Waals surface area contributed by atoms with Crippen LogP contribution >= 0.6 is 11.8 Å². The molecule has 0 unspecified atom stereocenters. The van der Waals surface area contributed by atoms with Crippen LogP contribution in [0.5, 0.6) is 0 Å². The van der Waals surface area contributed by atoms with Gasteiger partial charge in [-0.05, 0) is 31.9 Å². The standard InChI is InChI=1S/C17H19F2N5O2S/c1-9(16(26)21-13-8-10(18)2-5-12(13)19)27-17-23-22-15(7-6-14(20)25)24(17)11-3-4-11/h2,5,8-9,11H,3-4,6-7H2,1H3,(H2,20,25)(H,21,26)/t9-/m0/s1.